The molecule has 1 aliphatic heterocycles. The molecule has 8 heteroatoms. The first kappa shape index (κ1) is 20.3. The highest BCUT2D eigenvalue weighted by molar-refractivity contribution is 6.02. The largest absolute Gasteiger partial charge is 0.437 e. The van der Waals surface area contributed by atoms with Crippen molar-refractivity contribution >= 4 is 33.8 Å². The predicted molar refractivity (Wildman–Crippen MR) is 116 cm³/mol. The van der Waals surface area contributed by atoms with Gasteiger partial charge in [-0.25, -0.2) is 0 Å². The number of rotatable bonds is 5. The third-order valence-electron chi connectivity index (χ3n) is 5.45. The van der Waals surface area contributed by atoms with Gasteiger partial charge in [0.2, 0.25) is 11.1 Å². The van der Waals surface area contributed by atoms with Crippen LogP contribution < -0.4 is 16.5 Å². The van der Waals surface area contributed by atoms with Gasteiger partial charge in [0.05, 0.1) is 29.5 Å². The molecule has 1 fully saturated rings. The molecule has 3 heterocycles. The quantitative estimate of drug-likeness (QED) is 0.620. The number of nitrogens with two attached hydrogens (primary N) is 1. The number of carbonyl (C=O) groups excluding carboxylic acids is 1. The van der Waals surface area contributed by atoms with Crippen LogP contribution in [0.1, 0.15) is 35.7 Å². The van der Waals surface area contributed by atoms with E-state index in [1.807, 2.05) is 12.1 Å². The van der Waals surface area contributed by atoms with Crippen LogP contribution in [0, 0.1) is 0 Å². The number of morpholine rings is 1. The molecule has 0 bridgehead atoms. The molecule has 3 aromatic rings. The highest BCUT2D eigenvalue weighted by atomic mass is 16.5. The van der Waals surface area contributed by atoms with E-state index in [1.165, 1.54) is 6.07 Å². The summed E-state index contributed by atoms with van der Waals surface area (Å²) in [6.07, 6.45) is 0. The predicted octanol–water partition coefficient (Wildman–Crippen LogP) is 2.11. The highest BCUT2D eigenvalue weighted by Crippen LogP contribution is 2.24. The van der Waals surface area contributed by atoms with E-state index in [0.29, 0.717) is 30.7 Å². The Balaban J connectivity index is 1.62. The van der Waals surface area contributed by atoms with Gasteiger partial charge in [0.15, 0.2) is 0 Å². The number of amides is 1. The Kier molecular flexibility index (Phi) is 5.69. The number of fused-ring (bicyclic) bond motifs is 2. The number of pyridine rings is 1. The third-order valence-corrected chi connectivity index (χ3v) is 5.45. The normalized spacial score (nSPS) is 15.2. The van der Waals surface area contributed by atoms with Crippen LogP contribution in [-0.4, -0.2) is 55.2 Å². The fourth-order valence-electron chi connectivity index (χ4n) is 3.60. The number of nitrogens with zero attached hydrogens (tertiary/aromatic N) is 2. The molecule has 4 rings (SSSR count). The van der Waals surface area contributed by atoms with E-state index in [0.717, 1.165) is 25.2 Å². The van der Waals surface area contributed by atoms with Crippen molar-refractivity contribution in [3.8, 4) is 0 Å². The molecule has 1 aromatic carbocycles. The SMILES string of the molecule is CC(C)c1ccc2oc3nc(N)c(C(=O)NCCN4CCOCC4)cc3c(=O)c2c1. The van der Waals surface area contributed by atoms with Gasteiger partial charge < -0.3 is 20.2 Å². The van der Waals surface area contributed by atoms with Crippen LogP contribution in [-0.2, 0) is 4.74 Å². The molecular formula is C22H26N4O4. The van der Waals surface area contributed by atoms with E-state index in [1.54, 1.807) is 6.07 Å². The van der Waals surface area contributed by atoms with Crippen LogP contribution in [0.25, 0.3) is 22.1 Å². The van der Waals surface area contributed by atoms with Gasteiger partial charge in [-0.2, -0.15) is 4.98 Å². The van der Waals surface area contributed by atoms with E-state index < -0.39 is 0 Å². The lowest BCUT2D eigenvalue weighted by atomic mass is 10.0. The van der Waals surface area contributed by atoms with Crippen LogP contribution in [0.5, 0.6) is 0 Å². The summed E-state index contributed by atoms with van der Waals surface area (Å²) < 4.78 is 11.1. The fraction of sp³-hybridized carbons (Fsp3) is 0.409. The summed E-state index contributed by atoms with van der Waals surface area (Å²) in [5, 5.41) is 3.58. The number of aromatic nitrogens is 1. The first-order chi connectivity index (χ1) is 14.4. The average Bonchev–Trinajstić information content (AvgIpc) is 2.74. The number of carbonyl (C=O) groups is 1. The van der Waals surface area contributed by atoms with Crippen LogP contribution in [0.2, 0.25) is 0 Å². The second kappa shape index (κ2) is 8.41. The van der Waals surface area contributed by atoms with Gasteiger partial charge in [0.1, 0.15) is 11.4 Å². The third kappa shape index (κ3) is 4.01. The Hall–Kier alpha value is -2.97. The van der Waals surface area contributed by atoms with Gasteiger partial charge in [-0.3, -0.25) is 14.5 Å². The maximum Gasteiger partial charge on any atom is 0.255 e. The van der Waals surface area contributed by atoms with Gasteiger partial charge in [-0.05, 0) is 29.7 Å². The Morgan fingerprint density at radius 1 is 1.23 bits per heavy atom. The minimum absolute atomic E-state index is 0.0349. The zero-order chi connectivity index (χ0) is 21.3. The van der Waals surface area contributed by atoms with Crippen LogP contribution in [0.3, 0.4) is 0 Å². The number of benzene rings is 1. The standard InChI is InChI=1S/C22H26N4O4/c1-13(2)14-3-4-18-15(11-14)19(27)16-12-17(20(23)25-22(16)30-18)21(28)24-5-6-26-7-9-29-10-8-26/h3-4,11-13H,5-10H2,1-2H3,(H2,23,25)(H,24,28). The molecule has 1 saturated heterocycles. The van der Waals surface area contributed by atoms with Crippen molar-refractivity contribution in [1.29, 1.82) is 0 Å². The molecule has 1 aliphatic rings. The summed E-state index contributed by atoms with van der Waals surface area (Å²) in [6, 6.07) is 7.02. The molecule has 30 heavy (non-hydrogen) atoms. The van der Waals surface area contributed by atoms with E-state index in [2.05, 4.69) is 29.0 Å². The lowest BCUT2D eigenvalue weighted by Crippen LogP contribution is -2.41. The molecule has 0 aliphatic carbocycles. The van der Waals surface area contributed by atoms with Crippen molar-refractivity contribution in [2.24, 2.45) is 0 Å². The van der Waals surface area contributed by atoms with Crippen molar-refractivity contribution in [3.63, 3.8) is 0 Å². The monoisotopic (exact) mass is 410 g/mol. The molecule has 0 saturated carbocycles. The van der Waals surface area contributed by atoms with E-state index >= 15 is 0 Å². The Morgan fingerprint density at radius 2 is 2.00 bits per heavy atom. The summed E-state index contributed by atoms with van der Waals surface area (Å²) in [5.41, 5.74) is 7.58. The Labute approximate surface area is 174 Å². The number of hydrogen-bond donors (Lipinski definition) is 2. The van der Waals surface area contributed by atoms with Crippen LogP contribution in [0.4, 0.5) is 5.82 Å². The molecule has 8 nitrogen and oxygen atoms in total. The fourth-order valence-corrected chi connectivity index (χ4v) is 3.60. The number of nitrogens with one attached hydrogen (secondary N) is 1. The topological polar surface area (TPSA) is 111 Å². The Morgan fingerprint density at radius 3 is 2.73 bits per heavy atom. The maximum atomic E-state index is 13.1. The molecule has 0 unspecified atom stereocenters. The summed E-state index contributed by atoms with van der Waals surface area (Å²) in [5.74, 6) is -0.0416. The highest BCUT2D eigenvalue weighted by Gasteiger charge is 2.18. The smallest absolute Gasteiger partial charge is 0.255 e. The second-order valence-electron chi connectivity index (χ2n) is 7.83. The van der Waals surface area contributed by atoms with Crippen molar-refractivity contribution in [2.45, 2.75) is 19.8 Å². The maximum absolute atomic E-state index is 13.1. The molecule has 158 valence electrons. The van der Waals surface area contributed by atoms with Crippen molar-refractivity contribution < 1.29 is 13.9 Å². The minimum Gasteiger partial charge on any atom is -0.437 e. The molecule has 1 amide bonds. The zero-order valence-electron chi connectivity index (χ0n) is 17.2. The molecule has 0 spiro atoms. The number of nitrogen functional groups attached to an aromatic ring is 1. The molecule has 0 atom stereocenters. The molecule has 2 aromatic heterocycles. The van der Waals surface area contributed by atoms with E-state index in [9.17, 15) is 9.59 Å². The minimum atomic E-state index is -0.356. The molecular weight excluding hydrogens is 384 g/mol. The first-order valence-electron chi connectivity index (χ1n) is 10.2. The Bertz CT molecular complexity index is 1150. The number of hydrogen-bond acceptors (Lipinski definition) is 7. The average molecular weight is 410 g/mol. The zero-order valence-corrected chi connectivity index (χ0v) is 17.2. The van der Waals surface area contributed by atoms with Gasteiger partial charge in [-0.15, -0.1) is 0 Å². The summed E-state index contributed by atoms with van der Waals surface area (Å²) in [7, 11) is 0. The van der Waals surface area contributed by atoms with Gasteiger partial charge in [0.25, 0.3) is 5.91 Å². The summed E-state index contributed by atoms with van der Waals surface area (Å²) in [6.45, 7) is 8.43. The van der Waals surface area contributed by atoms with Crippen molar-refractivity contribution in [1.82, 2.24) is 15.2 Å². The van der Waals surface area contributed by atoms with E-state index in [4.69, 9.17) is 14.9 Å². The van der Waals surface area contributed by atoms with Crippen LogP contribution in [0.15, 0.2) is 33.5 Å². The lowest BCUT2D eigenvalue weighted by Gasteiger charge is -2.26. The van der Waals surface area contributed by atoms with Crippen molar-refractivity contribution in [2.75, 3.05) is 45.1 Å². The number of ether oxygens (including phenoxy) is 1. The summed E-state index contributed by atoms with van der Waals surface area (Å²) >= 11 is 0. The summed E-state index contributed by atoms with van der Waals surface area (Å²) in [4.78, 5) is 32.1. The van der Waals surface area contributed by atoms with E-state index in [-0.39, 0.29) is 39.7 Å². The molecule has 0 radical (unpaired) electrons. The number of anilines is 1. The first-order valence-corrected chi connectivity index (χ1v) is 10.2. The molecule has 3 N–H and O–H groups in total. The van der Waals surface area contributed by atoms with Crippen molar-refractivity contribution in [3.05, 3.63) is 45.6 Å². The van der Waals surface area contributed by atoms with Gasteiger partial charge in [0, 0.05) is 26.2 Å². The van der Waals surface area contributed by atoms with Crippen LogP contribution >= 0.6 is 0 Å². The van der Waals surface area contributed by atoms with Gasteiger partial charge >= 0.3 is 0 Å². The van der Waals surface area contributed by atoms with Gasteiger partial charge in [-0.1, -0.05) is 19.9 Å². The lowest BCUT2D eigenvalue weighted by molar-refractivity contribution is 0.0383. The second-order valence-corrected chi connectivity index (χ2v) is 7.83.